The van der Waals surface area contributed by atoms with E-state index < -0.39 is 0 Å². The van der Waals surface area contributed by atoms with Crippen LogP contribution in [-0.2, 0) is 17.9 Å². The van der Waals surface area contributed by atoms with Gasteiger partial charge in [0.15, 0.2) is 0 Å². The molecule has 0 aliphatic rings. The highest BCUT2D eigenvalue weighted by Gasteiger charge is 2.25. The van der Waals surface area contributed by atoms with E-state index in [1.807, 2.05) is 86.8 Å². The van der Waals surface area contributed by atoms with Gasteiger partial charge in [-0.2, -0.15) is 0 Å². The van der Waals surface area contributed by atoms with Gasteiger partial charge in [-0.05, 0) is 78.7 Å². The lowest BCUT2D eigenvalue weighted by molar-refractivity contribution is -0.133. The van der Waals surface area contributed by atoms with Crippen LogP contribution in [0.4, 0.5) is 4.39 Å². The molecule has 4 aromatic rings. The molecular formula is C31H31FN2O2S. The number of carbonyl (C=O) groups excluding carboxylic acids is 2. The summed E-state index contributed by atoms with van der Waals surface area (Å²) >= 11 is 1.60. The molecule has 3 aromatic carbocycles. The summed E-state index contributed by atoms with van der Waals surface area (Å²) in [6.07, 6.45) is 0. The number of halogens is 1. The van der Waals surface area contributed by atoms with Crippen molar-refractivity contribution in [1.82, 2.24) is 9.80 Å². The standard InChI is InChI=1S/C31H31FN2O2S/c1-22(2)34(31(36)27-13-11-26(12-14-27)25-7-5-4-6-8-25)21-30(35)33(20-29-23(3)17-18-37-29)19-24-9-15-28(32)16-10-24/h4-18,22H,19-21H2,1-3H3. The lowest BCUT2D eigenvalue weighted by Crippen LogP contribution is -2.45. The predicted octanol–water partition coefficient (Wildman–Crippen LogP) is 6.94. The van der Waals surface area contributed by atoms with Crippen molar-refractivity contribution in [1.29, 1.82) is 0 Å². The quantitative estimate of drug-likeness (QED) is 0.243. The van der Waals surface area contributed by atoms with Crippen molar-refractivity contribution >= 4 is 23.2 Å². The maximum Gasteiger partial charge on any atom is 0.254 e. The minimum absolute atomic E-state index is 0.0391. The number of nitrogens with zero attached hydrogens (tertiary/aromatic N) is 2. The van der Waals surface area contributed by atoms with E-state index in [1.54, 1.807) is 33.3 Å². The maximum atomic E-state index is 13.6. The van der Waals surface area contributed by atoms with Crippen molar-refractivity contribution in [3.05, 3.63) is 118 Å². The Morgan fingerprint density at radius 2 is 1.49 bits per heavy atom. The molecule has 0 spiro atoms. The van der Waals surface area contributed by atoms with Gasteiger partial charge in [0, 0.05) is 23.0 Å². The van der Waals surface area contributed by atoms with Crippen LogP contribution in [0.25, 0.3) is 11.1 Å². The second-order valence-corrected chi connectivity index (χ2v) is 10.4. The average Bonchev–Trinajstić information content (AvgIpc) is 3.32. The van der Waals surface area contributed by atoms with E-state index in [0.29, 0.717) is 18.7 Å². The third-order valence-electron chi connectivity index (χ3n) is 6.37. The van der Waals surface area contributed by atoms with E-state index in [1.165, 1.54) is 12.1 Å². The van der Waals surface area contributed by atoms with Crippen LogP contribution in [0.1, 0.15) is 40.2 Å². The molecule has 1 heterocycles. The summed E-state index contributed by atoms with van der Waals surface area (Å²) in [6.45, 7) is 6.58. The van der Waals surface area contributed by atoms with E-state index in [2.05, 4.69) is 0 Å². The topological polar surface area (TPSA) is 40.6 Å². The van der Waals surface area contributed by atoms with E-state index in [4.69, 9.17) is 0 Å². The zero-order valence-corrected chi connectivity index (χ0v) is 22.2. The third kappa shape index (κ3) is 6.71. The zero-order valence-electron chi connectivity index (χ0n) is 21.4. The zero-order chi connectivity index (χ0) is 26.4. The first kappa shape index (κ1) is 26.3. The Balaban J connectivity index is 1.53. The molecular weight excluding hydrogens is 483 g/mol. The van der Waals surface area contributed by atoms with Gasteiger partial charge in [-0.15, -0.1) is 11.3 Å². The van der Waals surface area contributed by atoms with Crippen LogP contribution in [0.15, 0.2) is 90.3 Å². The molecule has 0 saturated carbocycles. The minimum atomic E-state index is -0.314. The van der Waals surface area contributed by atoms with E-state index in [9.17, 15) is 14.0 Å². The fourth-order valence-corrected chi connectivity index (χ4v) is 5.04. The highest BCUT2D eigenvalue weighted by atomic mass is 32.1. The van der Waals surface area contributed by atoms with Gasteiger partial charge in [0.25, 0.3) is 5.91 Å². The normalized spacial score (nSPS) is 10.9. The molecule has 0 aliphatic heterocycles. The molecule has 2 amide bonds. The Morgan fingerprint density at radius 3 is 2.08 bits per heavy atom. The highest BCUT2D eigenvalue weighted by Crippen LogP contribution is 2.22. The first-order valence-corrected chi connectivity index (χ1v) is 13.2. The number of aryl methyl sites for hydroxylation is 1. The van der Waals surface area contributed by atoms with Crippen LogP contribution in [-0.4, -0.2) is 34.2 Å². The molecule has 37 heavy (non-hydrogen) atoms. The molecule has 0 N–H and O–H groups in total. The largest absolute Gasteiger partial charge is 0.332 e. The van der Waals surface area contributed by atoms with Crippen LogP contribution in [0, 0.1) is 12.7 Å². The molecule has 0 radical (unpaired) electrons. The van der Waals surface area contributed by atoms with Crippen LogP contribution in [0.5, 0.6) is 0 Å². The number of hydrogen-bond donors (Lipinski definition) is 0. The maximum absolute atomic E-state index is 13.6. The Kier molecular flexibility index (Phi) is 8.51. The second kappa shape index (κ2) is 12.0. The van der Waals surface area contributed by atoms with Crippen molar-refractivity contribution in [3.8, 4) is 11.1 Å². The van der Waals surface area contributed by atoms with Crippen molar-refractivity contribution in [2.75, 3.05) is 6.54 Å². The predicted molar refractivity (Wildman–Crippen MR) is 148 cm³/mol. The van der Waals surface area contributed by atoms with E-state index >= 15 is 0 Å². The van der Waals surface area contributed by atoms with Gasteiger partial charge >= 0.3 is 0 Å². The van der Waals surface area contributed by atoms with Crippen LogP contribution >= 0.6 is 11.3 Å². The molecule has 0 atom stereocenters. The van der Waals surface area contributed by atoms with Gasteiger partial charge in [-0.1, -0.05) is 54.6 Å². The van der Waals surface area contributed by atoms with Gasteiger partial charge in [0.05, 0.1) is 6.54 Å². The lowest BCUT2D eigenvalue weighted by Gasteiger charge is -2.30. The fourth-order valence-electron chi connectivity index (χ4n) is 4.12. The summed E-state index contributed by atoms with van der Waals surface area (Å²) in [4.78, 5) is 31.5. The molecule has 4 rings (SSSR count). The fraction of sp³-hybridized carbons (Fsp3) is 0.226. The van der Waals surface area contributed by atoms with Crippen LogP contribution in [0.3, 0.4) is 0 Å². The lowest BCUT2D eigenvalue weighted by atomic mass is 10.0. The summed E-state index contributed by atoms with van der Waals surface area (Å²) in [7, 11) is 0. The van der Waals surface area contributed by atoms with Crippen molar-refractivity contribution < 1.29 is 14.0 Å². The molecule has 4 nitrogen and oxygen atoms in total. The summed E-state index contributed by atoms with van der Waals surface area (Å²) in [5.41, 5.74) is 4.61. The number of benzene rings is 3. The van der Waals surface area contributed by atoms with Gasteiger partial charge in [0.2, 0.25) is 5.91 Å². The summed E-state index contributed by atoms with van der Waals surface area (Å²) < 4.78 is 13.5. The van der Waals surface area contributed by atoms with Gasteiger partial charge in [-0.3, -0.25) is 9.59 Å². The second-order valence-electron chi connectivity index (χ2n) is 9.37. The van der Waals surface area contributed by atoms with Gasteiger partial charge < -0.3 is 9.80 Å². The Labute approximate surface area is 222 Å². The monoisotopic (exact) mass is 514 g/mol. The van der Waals surface area contributed by atoms with E-state index in [-0.39, 0.29) is 30.2 Å². The Bertz CT molecular complexity index is 1330. The third-order valence-corrected chi connectivity index (χ3v) is 7.38. The highest BCUT2D eigenvalue weighted by molar-refractivity contribution is 7.10. The summed E-state index contributed by atoms with van der Waals surface area (Å²) in [5, 5.41) is 2.01. The first-order chi connectivity index (χ1) is 17.8. The van der Waals surface area contributed by atoms with Crippen molar-refractivity contribution in [2.45, 2.75) is 39.9 Å². The summed E-state index contributed by atoms with van der Waals surface area (Å²) in [6, 6.07) is 25.5. The number of thiophene rings is 1. The minimum Gasteiger partial charge on any atom is -0.332 e. The van der Waals surface area contributed by atoms with Crippen LogP contribution in [0.2, 0.25) is 0 Å². The number of carbonyl (C=O) groups is 2. The number of rotatable bonds is 9. The first-order valence-electron chi connectivity index (χ1n) is 12.3. The molecule has 0 fully saturated rings. The molecule has 6 heteroatoms. The Morgan fingerprint density at radius 1 is 0.838 bits per heavy atom. The van der Waals surface area contributed by atoms with Gasteiger partial charge in [0.1, 0.15) is 12.4 Å². The Hall–Kier alpha value is -3.77. The SMILES string of the molecule is Cc1ccsc1CN(Cc1ccc(F)cc1)C(=O)CN(C(=O)c1ccc(-c2ccccc2)cc1)C(C)C. The van der Waals surface area contributed by atoms with Gasteiger partial charge in [-0.25, -0.2) is 4.39 Å². The van der Waals surface area contributed by atoms with Crippen molar-refractivity contribution in [2.24, 2.45) is 0 Å². The van der Waals surface area contributed by atoms with E-state index in [0.717, 1.165) is 27.1 Å². The molecule has 1 aromatic heterocycles. The number of amides is 2. The molecule has 0 aliphatic carbocycles. The number of hydrogen-bond acceptors (Lipinski definition) is 3. The average molecular weight is 515 g/mol. The molecule has 0 unspecified atom stereocenters. The summed E-state index contributed by atoms with van der Waals surface area (Å²) in [5.74, 6) is -0.650. The molecule has 0 saturated heterocycles. The smallest absolute Gasteiger partial charge is 0.254 e. The molecule has 0 bridgehead atoms. The van der Waals surface area contributed by atoms with Crippen LogP contribution < -0.4 is 0 Å². The van der Waals surface area contributed by atoms with Crippen molar-refractivity contribution in [3.63, 3.8) is 0 Å². The molecule has 190 valence electrons.